The van der Waals surface area contributed by atoms with Crippen LogP contribution in [0.4, 0.5) is 0 Å². The number of piperazine rings is 1. The van der Waals surface area contributed by atoms with Gasteiger partial charge in [-0.1, -0.05) is 0 Å². The minimum absolute atomic E-state index is 0.257. The van der Waals surface area contributed by atoms with Crippen molar-refractivity contribution in [3.8, 4) is 0 Å². The summed E-state index contributed by atoms with van der Waals surface area (Å²) in [5.74, 6) is -0.707. The number of aliphatic carboxylic acids is 1. The maximum absolute atomic E-state index is 10.3. The maximum atomic E-state index is 10.3. The van der Waals surface area contributed by atoms with Crippen LogP contribution in [-0.4, -0.2) is 48.2 Å². The average molecular weight is 172 g/mol. The van der Waals surface area contributed by atoms with Gasteiger partial charge in [0.05, 0.1) is 6.42 Å². The molecule has 4 nitrogen and oxygen atoms in total. The Morgan fingerprint density at radius 3 is 3.08 bits per heavy atom. The van der Waals surface area contributed by atoms with Crippen LogP contribution in [0.15, 0.2) is 0 Å². The highest BCUT2D eigenvalue weighted by atomic mass is 16.4. The fourth-order valence-electron chi connectivity index (χ4n) is 1.47. The first-order chi connectivity index (χ1) is 5.68. The number of carbonyl (C=O) groups is 1. The summed E-state index contributed by atoms with van der Waals surface area (Å²) < 4.78 is 0. The van der Waals surface area contributed by atoms with E-state index in [9.17, 15) is 4.79 Å². The lowest BCUT2D eigenvalue weighted by Gasteiger charge is -2.31. The molecular formula is C8H16N2O2. The number of nitrogens with one attached hydrogen (secondary N) is 1. The second-order valence-electron chi connectivity index (χ2n) is 3.30. The molecule has 0 aliphatic carbocycles. The van der Waals surface area contributed by atoms with Crippen molar-refractivity contribution >= 4 is 5.97 Å². The van der Waals surface area contributed by atoms with E-state index in [2.05, 4.69) is 17.1 Å². The average Bonchev–Trinajstić information content (AvgIpc) is 2.01. The molecule has 0 saturated carbocycles. The van der Waals surface area contributed by atoms with Gasteiger partial charge in [0.25, 0.3) is 0 Å². The third kappa shape index (κ3) is 3.19. The Morgan fingerprint density at radius 1 is 1.75 bits per heavy atom. The number of carboxylic acids is 1. The van der Waals surface area contributed by atoms with Crippen LogP contribution >= 0.6 is 0 Å². The van der Waals surface area contributed by atoms with Crippen molar-refractivity contribution in [2.45, 2.75) is 19.4 Å². The molecule has 1 heterocycles. The molecule has 1 fully saturated rings. The lowest BCUT2D eigenvalue weighted by atomic mass is 10.2. The molecule has 2 N–H and O–H groups in total. The second kappa shape index (κ2) is 4.42. The Labute approximate surface area is 72.6 Å². The Bertz CT molecular complexity index is 161. The zero-order valence-corrected chi connectivity index (χ0v) is 7.42. The normalized spacial score (nSPS) is 25.6. The Balaban J connectivity index is 2.18. The van der Waals surface area contributed by atoms with Gasteiger partial charge in [0.2, 0.25) is 0 Å². The van der Waals surface area contributed by atoms with Crippen molar-refractivity contribution in [3.05, 3.63) is 0 Å². The van der Waals surface area contributed by atoms with Crippen LogP contribution in [-0.2, 0) is 4.79 Å². The van der Waals surface area contributed by atoms with E-state index in [0.717, 1.165) is 19.6 Å². The van der Waals surface area contributed by atoms with Gasteiger partial charge in [0.15, 0.2) is 0 Å². The van der Waals surface area contributed by atoms with Crippen molar-refractivity contribution in [2.75, 3.05) is 26.2 Å². The molecule has 0 bridgehead atoms. The van der Waals surface area contributed by atoms with Crippen LogP contribution in [0.1, 0.15) is 13.3 Å². The molecule has 0 radical (unpaired) electrons. The molecule has 1 rings (SSSR count). The molecule has 4 heteroatoms. The third-order valence-corrected chi connectivity index (χ3v) is 2.09. The van der Waals surface area contributed by atoms with Crippen LogP contribution in [0.2, 0.25) is 0 Å². The van der Waals surface area contributed by atoms with Crippen LogP contribution in [0.3, 0.4) is 0 Å². The lowest BCUT2D eigenvalue weighted by molar-refractivity contribution is -0.137. The topological polar surface area (TPSA) is 52.6 Å². The van der Waals surface area contributed by atoms with E-state index in [1.54, 1.807) is 0 Å². The quantitative estimate of drug-likeness (QED) is 0.616. The van der Waals surface area contributed by atoms with Gasteiger partial charge in [-0.05, 0) is 6.92 Å². The van der Waals surface area contributed by atoms with Crippen molar-refractivity contribution in [3.63, 3.8) is 0 Å². The monoisotopic (exact) mass is 172 g/mol. The Hall–Kier alpha value is -0.610. The van der Waals surface area contributed by atoms with E-state index in [1.807, 2.05) is 0 Å². The minimum Gasteiger partial charge on any atom is -0.481 e. The first-order valence-electron chi connectivity index (χ1n) is 4.36. The van der Waals surface area contributed by atoms with Gasteiger partial charge in [-0.15, -0.1) is 0 Å². The lowest BCUT2D eigenvalue weighted by Crippen LogP contribution is -2.49. The Kier molecular flexibility index (Phi) is 3.49. The van der Waals surface area contributed by atoms with E-state index in [1.165, 1.54) is 0 Å². The molecule has 0 amide bonds. The summed E-state index contributed by atoms with van der Waals surface area (Å²) in [5.41, 5.74) is 0. The smallest absolute Gasteiger partial charge is 0.304 e. The Morgan fingerprint density at radius 2 is 2.50 bits per heavy atom. The molecule has 1 aliphatic heterocycles. The van der Waals surface area contributed by atoms with Crippen LogP contribution in [0.25, 0.3) is 0 Å². The van der Waals surface area contributed by atoms with Crippen LogP contribution < -0.4 is 5.32 Å². The van der Waals surface area contributed by atoms with Crippen LogP contribution in [0, 0.1) is 0 Å². The summed E-state index contributed by atoms with van der Waals surface area (Å²) >= 11 is 0. The fourth-order valence-corrected chi connectivity index (χ4v) is 1.47. The number of carboxylic acid groups (broad SMARTS) is 1. The van der Waals surface area contributed by atoms with Gasteiger partial charge in [0, 0.05) is 32.2 Å². The van der Waals surface area contributed by atoms with Gasteiger partial charge in [-0.2, -0.15) is 0 Å². The van der Waals surface area contributed by atoms with Crippen molar-refractivity contribution in [1.82, 2.24) is 10.2 Å². The number of rotatable bonds is 3. The summed E-state index contributed by atoms with van der Waals surface area (Å²) in [6.45, 7) is 5.71. The van der Waals surface area contributed by atoms with Gasteiger partial charge in [0.1, 0.15) is 0 Å². The minimum atomic E-state index is -0.707. The summed E-state index contributed by atoms with van der Waals surface area (Å²) in [4.78, 5) is 12.5. The van der Waals surface area contributed by atoms with E-state index in [-0.39, 0.29) is 6.42 Å². The number of hydrogen-bond donors (Lipinski definition) is 2. The molecule has 0 unspecified atom stereocenters. The summed E-state index contributed by atoms with van der Waals surface area (Å²) in [5, 5.41) is 11.8. The second-order valence-corrected chi connectivity index (χ2v) is 3.30. The van der Waals surface area contributed by atoms with Gasteiger partial charge < -0.3 is 10.4 Å². The molecule has 0 spiro atoms. The SMILES string of the molecule is C[C@@H]1CN(CCC(=O)O)CCN1. The summed E-state index contributed by atoms with van der Waals surface area (Å²) in [6.07, 6.45) is 0.257. The van der Waals surface area contributed by atoms with Crippen molar-refractivity contribution in [1.29, 1.82) is 0 Å². The number of hydrogen-bond acceptors (Lipinski definition) is 3. The van der Waals surface area contributed by atoms with Gasteiger partial charge in [-0.25, -0.2) is 0 Å². The van der Waals surface area contributed by atoms with E-state index in [4.69, 9.17) is 5.11 Å². The predicted molar refractivity (Wildman–Crippen MR) is 46.2 cm³/mol. The number of nitrogens with zero attached hydrogens (tertiary/aromatic N) is 1. The molecule has 0 aromatic carbocycles. The van der Waals surface area contributed by atoms with Crippen molar-refractivity contribution in [2.24, 2.45) is 0 Å². The zero-order valence-electron chi connectivity index (χ0n) is 7.42. The molecule has 0 aromatic rings. The molecule has 1 saturated heterocycles. The standard InChI is InChI=1S/C8H16N2O2/c1-7-6-10(5-3-9-7)4-2-8(11)12/h7,9H,2-6H2,1H3,(H,11,12)/t7-/m1/s1. The van der Waals surface area contributed by atoms with E-state index < -0.39 is 5.97 Å². The molecule has 1 aliphatic rings. The molecule has 0 aromatic heterocycles. The van der Waals surface area contributed by atoms with Gasteiger partial charge >= 0.3 is 5.97 Å². The van der Waals surface area contributed by atoms with E-state index in [0.29, 0.717) is 12.6 Å². The highest BCUT2D eigenvalue weighted by molar-refractivity contribution is 5.66. The van der Waals surface area contributed by atoms with Gasteiger partial charge in [-0.3, -0.25) is 9.69 Å². The van der Waals surface area contributed by atoms with Crippen molar-refractivity contribution < 1.29 is 9.90 Å². The summed E-state index contributed by atoms with van der Waals surface area (Å²) in [7, 11) is 0. The maximum Gasteiger partial charge on any atom is 0.304 e. The molecule has 70 valence electrons. The first kappa shape index (κ1) is 9.48. The largest absolute Gasteiger partial charge is 0.481 e. The molecular weight excluding hydrogens is 156 g/mol. The third-order valence-electron chi connectivity index (χ3n) is 2.09. The highest BCUT2D eigenvalue weighted by Crippen LogP contribution is 1.99. The highest BCUT2D eigenvalue weighted by Gasteiger charge is 2.15. The predicted octanol–water partition coefficient (Wildman–Crippen LogP) is -0.245. The molecule has 1 atom stereocenters. The zero-order chi connectivity index (χ0) is 8.97. The first-order valence-corrected chi connectivity index (χ1v) is 4.36. The fraction of sp³-hybridized carbons (Fsp3) is 0.875. The van der Waals surface area contributed by atoms with Crippen LogP contribution in [0.5, 0.6) is 0 Å². The summed E-state index contributed by atoms with van der Waals surface area (Å²) in [6, 6.07) is 0.493. The molecule has 12 heavy (non-hydrogen) atoms. The van der Waals surface area contributed by atoms with E-state index >= 15 is 0 Å².